The van der Waals surface area contributed by atoms with Gasteiger partial charge in [0.15, 0.2) is 0 Å². The molecule has 1 aromatic carbocycles. The lowest BCUT2D eigenvalue weighted by molar-refractivity contribution is 0.120. The van der Waals surface area contributed by atoms with Crippen molar-refractivity contribution in [2.24, 2.45) is 0 Å². The van der Waals surface area contributed by atoms with Gasteiger partial charge in [-0.15, -0.1) is 0 Å². The van der Waals surface area contributed by atoms with Crippen LogP contribution in [0.5, 0.6) is 0 Å². The largest absolute Gasteiger partial charge is 0.304 e. The number of sulfonamides is 1. The molecule has 136 valence electrons. The predicted octanol–water partition coefficient (Wildman–Crippen LogP) is 1.83. The summed E-state index contributed by atoms with van der Waals surface area (Å²) in [6, 6.07) is 2.25. The van der Waals surface area contributed by atoms with E-state index in [1.165, 1.54) is 0 Å². The van der Waals surface area contributed by atoms with Crippen LogP contribution in [0.15, 0.2) is 11.0 Å². The first kappa shape index (κ1) is 19.4. The van der Waals surface area contributed by atoms with E-state index in [1.54, 1.807) is 0 Å². The minimum Gasteiger partial charge on any atom is -0.304 e. The van der Waals surface area contributed by atoms with Gasteiger partial charge in [-0.1, -0.05) is 6.07 Å². The van der Waals surface area contributed by atoms with E-state index in [2.05, 4.69) is 34.6 Å². The van der Waals surface area contributed by atoms with Crippen molar-refractivity contribution >= 4 is 10.0 Å². The standard InChI is InChI=1S/C18H31N3O2S/c1-13-11-14(2)17(5)18(16(13)4)24(22,23)19-12-15(3)21-9-7-20(6)8-10-21/h11,15,19H,7-10,12H2,1-6H3. The maximum absolute atomic E-state index is 12.9. The summed E-state index contributed by atoms with van der Waals surface area (Å²) >= 11 is 0. The predicted molar refractivity (Wildman–Crippen MR) is 99.1 cm³/mol. The van der Waals surface area contributed by atoms with E-state index in [-0.39, 0.29) is 6.04 Å². The average molecular weight is 354 g/mol. The van der Waals surface area contributed by atoms with Crippen molar-refractivity contribution in [3.63, 3.8) is 0 Å². The molecule has 2 rings (SSSR count). The molecule has 1 heterocycles. The zero-order valence-corrected chi connectivity index (χ0v) is 16.6. The maximum atomic E-state index is 12.9. The van der Waals surface area contributed by atoms with Crippen molar-refractivity contribution in [2.75, 3.05) is 39.8 Å². The first-order valence-corrected chi connectivity index (χ1v) is 10.1. The Morgan fingerprint density at radius 3 is 2.04 bits per heavy atom. The van der Waals surface area contributed by atoms with Crippen LogP contribution in [0.3, 0.4) is 0 Å². The fourth-order valence-corrected chi connectivity index (χ4v) is 5.01. The summed E-state index contributed by atoms with van der Waals surface area (Å²) in [5.41, 5.74) is 3.73. The summed E-state index contributed by atoms with van der Waals surface area (Å²) in [5, 5.41) is 0. The highest BCUT2D eigenvalue weighted by atomic mass is 32.2. The van der Waals surface area contributed by atoms with E-state index in [1.807, 2.05) is 27.7 Å². The lowest BCUT2D eigenvalue weighted by atomic mass is 10.0. The minimum absolute atomic E-state index is 0.194. The third-order valence-corrected chi connectivity index (χ3v) is 6.99. The third-order valence-electron chi connectivity index (χ3n) is 5.30. The molecule has 1 aliphatic rings. The maximum Gasteiger partial charge on any atom is 0.241 e. The number of nitrogens with one attached hydrogen (secondary N) is 1. The van der Waals surface area contributed by atoms with Crippen LogP contribution in [0.25, 0.3) is 0 Å². The highest BCUT2D eigenvalue weighted by Gasteiger charge is 2.24. The monoisotopic (exact) mass is 353 g/mol. The number of benzene rings is 1. The van der Waals surface area contributed by atoms with E-state index in [9.17, 15) is 8.42 Å². The highest BCUT2D eigenvalue weighted by molar-refractivity contribution is 7.89. The summed E-state index contributed by atoms with van der Waals surface area (Å²) in [6.07, 6.45) is 0. The molecule has 0 aliphatic carbocycles. The summed E-state index contributed by atoms with van der Waals surface area (Å²) < 4.78 is 28.6. The topological polar surface area (TPSA) is 52.7 Å². The van der Waals surface area contributed by atoms with E-state index in [4.69, 9.17) is 0 Å². The Bertz CT molecular complexity index is 666. The summed E-state index contributed by atoms with van der Waals surface area (Å²) in [7, 11) is -1.38. The van der Waals surface area contributed by atoms with Crippen LogP contribution in [0.1, 0.15) is 29.2 Å². The molecule has 1 aromatic rings. The normalized spacial score (nSPS) is 18.8. The Morgan fingerprint density at radius 2 is 1.54 bits per heavy atom. The molecule has 0 radical (unpaired) electrons. The number of piperazine rings is 1. The molecule has 24 heavy (non-hydrogen) atoms. The quantitative estimate of drug-likeness (QED) is 0.877. The molecule has 6 heteroatoms. The Labute approximate surface area is 147 Å². The molecular weight excluding hydrogens is 322 g/mol. The van der Waals surface area contributed by atoms with Crippen LogP contribution >= 0.6 is 0 Å². The molecule has 0 amide bonds. The van der Waals surface area contributed by atoms with Crippen LogP contribution in [-0.4, -0.2) is 64.0 Å². The number of likely N-dealkylation sites (N-methyl/N-ethyl adjacent to an activating group) is 1. The van der Waals surface area contributed by atoms with Crippen molar-refractivity contribution in [3.05, 3.63) is 28.3 Å². The van der Waals surface area contributed by atoms with Crippen molar-refractivity contribution in [2.45, 2.75) is 45.6 Å². The number of hydrogen-bond acceptors (Lipinski definition) is 4. The molecule has 1 fully saturated rings. The van der Waals surface area contributed by atoms with Gasteiger partial charge in [0.05, 0.1) is 4.90 Å². The van der Waals surface area contributed by atoms with Crippen LogP contribution in [-0.2, 0) is 10.0 Å². The zero-order chi connectivity index (χ0) is 18.1. The van der Waals surface area contributed by atoms with Crippen molar-refractivity contribution in [1.29, 1.82) is 0 Å². The molecule has 5 nitrogen and oxygen atoms in total. The van der Waals surface area contributed by atoms with Crippen LogP contribution in [0.2, 0.25) is 0 Å². The summed E-state index contributed by atoms with van der Waals surface area (Å²) in [6.45, 7) is 14.3. The van der Waals surface area contributed by atoms with E-state index >= 15 is 0 Å². The van der Waals surface area contributed by atoms with Crippen molar-refractivity contribution in [3.8, 4) is 0 Å². The van der Waals surface area contributed by atoms with Crippen LogP contribution < -0.4 is 4.72 Å². The average Bonchev–Trinajstić information content (AvgIpc) is 2.51. The number of nitrogens with zero attached hydrogens (tertiary/aromatic N) is 2. The highest BCUT2D eigenvalue weighted by Crippen LogP contribution is 2.25. The fourth-order valence-electron chi connectivity index (χ4n) is 3.28. The van der Waals surface area contributed by atoms with E-state index < -0.39 is 10.0 Å². The fraction of sp³-hybridized carbons (Fsp3) is 0.667. The van der Waals surface area contributed by atoms with Gasteiger partial charge in [-0.05, 0) is 63.9 Å². The Hall–Kier alpha value is -0.950. The molecule has 0 spiro atoms. The van der Waals surface area contributed by atoms with Crippen molar-refractivity contribution < 1.29 is 8.42 Å². The van der Waals surface area contributed by atoms with Gasteiger partial charge in [0, 0.05) is 38.8 Å². The third kappa shape index (κ3) is 4.17. The minimum atomic E-state index is -3.50. The lowest BCUT2D eigenvalue weighted by Crippen LogP contribution is -2.51. The van der Waals surface area contributed by atoms with E-state index in [0.29, 0.717) is 11.4 Å². The van der Waals surface area contributed by atoms with Crippen molar-refractivity contribution in [1.82, 2.24) is 14.5 Å². The van der Waals surface area contributed by atoms with Gasteiger partial charge < -0.3 is 4.90 Å². The second-order valence-electron chi connectivity index (χ2n) is 7.13. The first-order valence-electron chi connectivity index (χ1n) is 8.63. The molecule has 0 aromatic heterocycles. The second-order valence-corrected chi connectivity index (χ2v) is 8.83. The molecule has 0 saturated carbocycles. The molecule has 1 unspecified atom stereocenters. The van der Waals surface area contributed by atoms with Gasteiger partial charge in [0.1, 0.15) is 0 Å². The number of aryl methyl sites for hydroxylation is 2. The van der Waals surface area contributed by atoms with Crippen LogP contribution in [0, 0.1) is 27.7 Å². The number of rotatable bonds is 5. The van der Waals surface area contributed by atoms with E-state index in [0.717, 1.165) is 48.4 Å². The first-order chi connectivity index (χ1) is 11.1. The summed E-state index contributed by atoms with van der Waals surface area (Å²) in [4.78, 5) is 5.10. The molecule has 1 N–H and O–H groups in total. The Balaban J connectivity index is 2.12. The summed E-state index contributed by atoms with van der Waals surface area (Å²) in [5.74, 6) is 0. The van der Waals surface area contributed by atoms with Gasteiger partial charge in [-0.3, -0.25) is 4.90 Å². The van der Waals surface area contributed by atoms with Gasteiger partial charge in [-0.25, -0.2) is 13.1 Å². The molecular formula is C18H31N3O2S. The van der Waals surface area contributed by atoms with Gasteiger partial charge >= 0.3 is 0 Å². The molecule has 1 aliphatic heterocycles. The Morgan fingerprint density at radius 1 is 1.04 bits per heavy atom. The number of hydrogen-bond donors (Lipinski definition) is 1. The molecule has 1 atom stereocenters. The molecule has 1 saturated heterocycles. The lowest BCUT2D eigenvalue weighted by Gasteiger charge is -2.36. The SMILES string of the molecule is Cc1cc(C)c(C)c(S(=O)(=O)NCC(C)N2CCN(C)CC2)c1C. The second kappa shape index (κ2) is 7.52. The molecule has 0 bridgehead atoms. The van der Waals surface area contributed by atoms with Gasteiger partial charge in [-0.2, -0.15) is 0 Å². The zero-order valence-electron chi connectivity index (χ0n) is 15.8. The Kier molecular flexibility index (Phi) is 6.07. The van der Waals surface area contributed by atoms with Gasteiger partial charge in [0.2, 0.25) is 10.0 Å². The smallest absolute Gasteiger partial charge is 0.241 e. The van der Waals surface area contributed by atoms with Crippen LogP contribution in [0.4, 0.5) is 0 Å². The van der Waals surface area contributed by atoms with Gasteiger partial charge in [0.25, 0.3) is 0 Å².